The highest BCUT2D eigenvalue weighted by Gasteiger charge is 2.16. The lowest BCUT2D eigenvalue weighted by Gasteiger charge is -2.19. The Labute approximate surface area is 198 Å². The Bertz CT molecular complexity index is 1710. The molecule has 0 N–H and O–H groups in total. The zero-order valence-electron chi connectivity index (χ0n) is 19.0. The van der Waals surface area contributed by atoms with Gasteiger partial charge in [0.15, 0.2) is 5.65 Å². The molecular formula is C32H24N2. The molecule has 1 aliphatic carbocycles. The van der Waals surface area contributed by atoms with Crippen molar-refractivity contribution in [3.63, 3.8) is 0 Å². The molecule has 2 aromatic heterocycles. The molecule has 6 aromatic rings. The summed E-state index contributed by atoms with van der Waals surface area (Å²) in [5.41, 5.74) is 8.41. The first-order valence-electron chi connectivity index (χ1n) is 12.1. The zero-order chi connectivity index (χ0) is 22.5. The Morgan fingerprint density at radius 3 is 2.29 bits per heavy atom. The normalized spacial score (nSPS) is 13.4. The number of aromatic nitrogens is 2. The highest BCUT2D eigenvalue weighted by molar-refractivity contribution is 6.13. The first-order valence-corrected chi connectivity index (χ1v) is 12.1. The van der Waals surface area contributed by atoms with E-state index in [1.54, 1.807) is 11.8 Å². The third-order valence-electron chi connectivity index (χ3n) is 7.35. The van der Waals surface area contributed by atoms with E-state index in [9.17, 15) is 0 Å². The standard InChI is InChI=1S/C32H24N2/c1-2-9-23-21(7-1)14-16-28-25-13-5-12-24(29(25)18-17-27(23)28)26-10-3-4-11-30(26)31-19-15-22-8-6-20-33-32(22)34-31/h3-6,8,10-20H,1-2,7,9H2. The number of hydrogen-bond donors (Lipinski definition) is 0. The molecule has 34 heavy (non-hydrogen) atoms. The van der Waals surface area contributed by atoms with Gasteiger partial charge < -0.3 is 0 Å². The van der Waals surface area contributed by atoms with E-state index in [4.69, 9.17) is 4.98 Å². The van der Waals surface area contributed by atoms with E-state index >= 15 is 0 Å². The molecule has 0 saturated heterocycles. The Morgan fingerprint density at radius 1 is 0.529 bits per heavy atom. The summed E-state index contributed by atoms with van der Waals surface area (Å²) in [5, 5.41) is 6.47. The van der Waals surface area contributed by atoms with Crippen LogP contribution in [-0.4, -0.2) is 9.97 Å². The van der Waals surface area contributed by atoms with Crippen LogP contribution in [0.3, 0.4) is 0 Å². The number of pyridine rings is 2. The second kappa shape index (κ2) is 7.78. The predicted molar refractivity (Wildman–Crippen MR) is 142 cm³/mol. The molecule has 0 atom stereocenters. The molecule has 4 aromatic carbocycles. The lowest BCUT2D eigenvalue weighted by atomic mass is 9.85. The van der Waals surface area contributed by atoms with Gasteiger partial charge in [0.2, 0.25) is 0 Å². The highest BCUT2D eigenvalue weighted by Crippen LogP contribution is 2.39. The van der Waals surface area contributed by atoms with E-state index in [-0.39, 0.29) is 0 Å². The third-order valence-corrected chi connectivity index (χ3v) is 7.35. The van der Waals surface area contributed by atoms with E-state index in [1.807, 2.05) is 6.07 Å². The van der Waals surface area contributed by atoms with Crippen LogP contribution in [0.5, 0.6) is 0 Å². The molecule has 162 valence electrons. The summed E-state index contributed by atoms with van der Waals surface area (Å²) in [5.74, 6) is 0. The molecule has 0 bridgehead atoms. The number of benzene rings is 4. The molecule has 0 aliphatic heterocycles. The number of nitrogens with zero attached hydrogens (tertiary/aromatic N) is 2. The van der Waals surface area contributed by atoms with Crippen LogP contribution in [0.25, 0.3) is 55.0 Å². The lowest BCUT2D eigenvalue weighted by Crippen LogP contribution is -2.03. The summed E-state index contributed by atoms with van der Waals surface area (Å²) in [7, 11) is 0. The van der Waals surface area contributed by atoms with E-state index < -0.39 is 0 Å². The minimum absolute atomic E-state index is 0.781. The quantitative estimate of drug-likeness (QED) is 0.256. The maximum absolute atomic E-state index is 4.90. The monoisotopic (exact) mass is 436 g/mol. The van der Waals surface area contributed by atoms with Crippen molar-refractivity contribution in [1.29, 1.82) is 0 Å². The molecule has 0 amide bonds. The molecule has 0 spiro atoms. The molecule has 2 nitrogen and oxygen atoms in total. The molecule has 2 heterocycles. The van der Waals surface area contributed by atoms with Gasteiger partial charge in [-0.05, 0) is 93.7 Å². The summed E-state index contributed by atoms with van der Waals surface area (Å²) in [6, 6.07) is 32.9. The largest absolute Gasteiger partial charge is 0.237 e. The van der Waals surface area contributed by atoms with Crippen molar-refractivity contribution >= 4 is 32.6 Å². The van der Waals surface area contributed by atoms with Crippen LogP contribution >= 0.6 is 0 Å². The topological polar surface area (TPSA) is 25.8 Å². The van der Waals surface area contributed by atoms with Crippen molar-refractivity contribution in [2.24, 2.45) is 0 Å². The summed E-state index contributed by atoms with van der Waals surface area (Å²) < 4.78 is 0. The number of rotatable bonds is 2. The average molecular weight is 437 g/mol. The SMILES string of the molecule is c1ccc(-c2cccc3c2ccc2c4c(ccc23)CCCC4)c(-c2ccc3cccnc3n2)c1. The Hall–Kier alpha value is -4.04. The van der Waals surface area contributed by atoms with Crippen molar-refractivity contribution in [3.05, 3.63) is 108 Å². The fourth-order valence-electron chi connectivity index (χ4n) is 5.71. The van der Waals surface area contributed by atoms with Gasteiger partial charge in [-0.25, -0.2) is 9.97 Å². The molecule has 1 aliphatic rings. The summed E-state index contributed by atoms with van der Waals surface area (Å²) in [6.45, 7) is 0. The fourth-order valence-corrected chi connectivity index (χ4v) is 5.71. The van der Waals surface area contributed by atoms with Crippen LogP contribution in [0.15, 0.2) is 97.2 Å². The van der Waals surface area contributed by atoms with Crippen LogP contribution in [-0.2, 0) is 12.8 Å². The van der Waals surface area contributed by atoms with Gasteiger partial charge in [-0.15, -0.1) is 0 Å². The van der Waals surface area contributed by atoms with Crippen LogP contribution in [0.1, 0.15) is 24.0 Å². The minimum atomic E-state index is 0.781. The van der Waals surface area contributed by atoms with E-state index in [0.29, 0.717) is 0 Å². The van der Waals surface area contributed by atoms with Gasteiger partial charge in [0.1, 0.15) is 0 Å². The average Bonchev–Trinajstić information content (AvgIpc) is 2.92. The number of aryl methyl sites for hydroxylation is 2. The zero-order valence-corrected chi connectivity index (χ0v) is 19.0. The fraction of sp³-hybridized carbons (Fsp3) is 0.125. The first kappa shape index (κ1) is 19.4. The number of fused-ring (bicyclic) bond motifs is 6. The third kappa shape index (κ3) is 3.03. The van der Waals surface area contributed by atoms with E-state index in [1.165, 1.54) is 63.9 Å². The Morgan fingerprint density at radius 2 is 1.32 bits per heavy atom. The van der Waals surface area contributed by atoms with Crippen molar-refractivity contribution in [3.8, 4) is 22.4 Å². The van der Waals surface area contributed by atoms with Crippen LogP contribution in [0.2, 0.25) is 0 Å². The van der Waals surface area contributed by atoms with Crippen LogP contribution in [0, 0.1) is 0 Å². The molecular weight excluding hydrogens is 412 g/mol. The van der Waals surface area contributed by atoms with E-state index in [0.717, 1.165) is 22.3 Å². The highest BCUT2D eigenvalue weighted by atomic mass is 14.8. The van der Waals surface area contributed by atoms with Crippen molar-refractivity contribution < 1.29 is 0 Å². The first-order chi connectivity index (χ1) is 16.9. The minimum Gasteiger partial charge on any atom is -0.237 e. The molecule has 0 saturated carbocycles. The molecule has 0 fully saturated rings. The second-order valence-corrected chi connectivity index (χ2v) is 9.26. The lowest BCUT2D eigenvalue weighted by molar-refractivity contribution is 0.690. The van der Waals surface area contributed by atoms with Crippen molar-refractivity contribution in [2.75, 3.05) is 0 Å². The van der Waals surface area contributed by atoms with Gasteiger partial charge in [0.25, 0.3) is 0 Å². The van der Waals surface area contributed by atoms with Gasteiger partial charge in [-0.2, -0.15) is 0 Å². The Balaban J connectivity index is 1.46. The predicted octanol–water partition coefficient (Wildman–Crippen LogP) is 8.15. The maximum atomic E-state index is 4.90. The Kier molecular flexibility index (Phi) is 4.44. The molecule has 2 heteroatoms. The van der Waals surface area contributed by atoms with Crippen molar-refractivity contribution in [2.45, 2.75) is 25.7 Å². The van der Waals surface area contributed by atoms with Gasteiger partial charge in [0, 0.05) is 17.1 Å². The van der Waals surface area contributed by atoms with Gasteiger partial charge in [-0.3, -0.25) is 0 Å². The smallest absolute Gasteiger partial charge is 0.159 e. The second-order valence-electron chi connectivity index (χ2n) is 9.26. The van der Waals surface area contributed by atoms with Gasteiger partial charge in [-0.1, -0.05) is 66.7 Å². The van der Waals surface area contributed by atoms with Gasteiger partial charge in [0.05, 0.1) is 5.69 Å². The molecule has 7 rings (SSSR count). The number of hydrogen-bond acceptors (Lipinski definition) is 2. The molecule has 0 radical (unpaired) electrons. The summed E-state index contributed by atoms with van der Waals surface area (Å²) in [6.07, 6.45) is 6.82. The van der Waals surface area contributed by atoms with Crippen molar-refractivity contribution in [1.82, 2.24) is 9.97 Å². The molecule has 0 unspecified atom stereocenters. The summed E-state index contributed by atoms with van der Waals surface area (Å²) >= 11 is 0. The van der Waals surface area contributed by atoms with Crippen LogP contribution < -0.4 is 0 Å². The van der Waals surface area contributed by atoms with Crippen LogP contribution in [0.4, 0.5) is 0 Å². The maximum Gasteiger partial charge on any atom is 0.159 e. The van der Waals surface area contributed by atoms with Gasteiger partial charge >= 0.3 is 0 Å². The summed E-state index contributed by atoms with van der Waals surface area (Å²) in [4.78, 5) is 9.38. The van der Waals surface area contributed by atoms with E-state index in [2.05, 4.69) is 89.9 Å².